The van der Waals surface area contributed by atoms with E-state index in [1.165, 1.54) is 0 Å². The molecule has 1 atom stereocenters. The second kappa shape index (κ2) is 9.46. The topological polar surface area (TPSA) is 50.8 Å². The lowest BCUT2D eigenvalue weighted by molar-refractivity contribution is -0.122. The van der Waals surface area contributed by atoms with Crippen molar-refractivity contribution < 1.29 is 14.3 Å². The van der Waals surface area contributed by atoms with Gasteiger partial charge in [0.05, 0.1) is 26.8 Å². The summed E-state index contributed by atoms with van der Waals surface area (Å²) in [4.78, 5) is 14.3. The molecule has 0 spiro atoms. The van der Waals surface area contributed by atoms with E-state index >= 15 is 0 Å². The molecule has 0 saturated carbocycles. The van der Waals surface area contributed by atoms with Gasteiger partial charge in [0.15, 0.2) is 0 Å². The molecular weight excluding hydrogens is 352 g/mol. The number of benzene rings is 2. The SMILES string of the molecule is COc1ccc(CN(C)CC(=O)NC(C)c2cccc(Cl)c2)c(OC)c1. The first-order valence-corrected chi connectivity index (χ1v) is 8.75. The van der Waals surface area contributed by atoms with Gasteiger partial charge >= 0.3 is 0 Å². The van der Waals surface area contributed by atoms with Crippen LogP contribution < -0.4 is 14.8 Å². The molecule has 0 aromatic heterocycles. The van der Waals surface area contributed by atoms with Crippen LogP contribution in [0.2, 0.25) is 5.02 Å². The highest BCUT2D eigenvalue weighted by atomic mass is 35.5. The zero-order valence-electron chi connectivity index (χ0n) is 15.6. The highest BCUT2D eigenvalue weighted by molar-refractivity contribution is 6.30. The van der Waals surface area contributed by atoms with Crippen LogP contribution in [0.15, 0.2) is 42.5 Å². The third kappa shape index (κ3) is 5.64. The lowest BCUT2D eigenvalue weighted by Crippen LogP contribution is -2.36. The van der Waals surface area contributed by atoms with Gasteiger partial charge in [-0.2, -0.15) is 0 Å². The van der Waals surface area contributed by atoms with E-state index in [1.807, 2.05) is 61.3 Å². The first-order valence-electron chi connectivity index (χ1n) is 8.37. The third-order valence-corrected chi connectivity index (χ3v) is 4.31. The Hall–Kier alpha value is -2.24. The van der Waals surface area contributed by atoms with Crippen LogP contribution in [0.5, 0.6) is 11.5 Å². The standard InChI is InChI=1S/C20H25ClN2O3/c1-14(15-6-5-7-17(21)10-15)22-20(24)13-23(2)12-16-8-9-18(25-3)11-19(16)26-4/h5-11,14H,12-13H2,1-4H3,(H,22,24). The molecule has 6 heteroatoms. The number of nitrogens with one attached hydrogen (secondary N) is 1. The van der Waals surface area contributed by atoms with Crippen molar-refractivity contribution >= 4 is 17.5 Å². The minimum atomic E-state index is -0.106. The van der Waals surface area contributed by atoms with E-state index in [1.54, 1.807) is 14.2 Å². The molecule has 2 rings (SSSR count). The fourth-order valence-electron chi connectivity index (χ4n) is 2.72. The second-order valence-electron chi connectivity index (χ2n) is 6.19. The molecule has 5 nitrogen and oxygen atoms in total. The Bertz CT molecular complexity index is 752. The molecule has 0 bridgehead atoms. The van der Waals surface area contributed by atoms with Crippen LogP contribution in [0, 0.1) is 0 Å². The number of hydrogen-bond acceptors (Lipinski definition) is 4. The van der Waals surface area contributed by atoms with E-state index in [0.29, 0.717) is 11.6 Å². The number of carbonyl (C=O) groups excluding carboxylic acids is 1. The van der Waals surface area contributed by atoms with E-state index in [2.05, 4.69) is 5.32 Å². The third-order valence-electron chi connectivity index (χ3n) is 4.07. The second-order valence-corrected chi connectivity index (χ2v) is 6.63. The monoisotopic (exact) mass is 376 g/mol. The zero-order chi connectivity index (χ0) is 19.1. The maximum absolute atomic E-state index is 12.3. The average molecular weight is 377 g/mol. The Morgan fingerprint density at radius 2 is 1.96 bits per heavy atom. The molecule has 2 aromatic rings. The van der Waals surface area contributed by atoms with E-state index in [4.69, 9.17) is 21.1 Å². The van der Waals surface area contributed by atoms with Crippen molar-refractivity contribution in [3.8, 4) is 11.5 Å². The molecule has 0 aliphatic heterocycles. The summed E-state index contributed by atoms with van der Waals surface area (Å²) in [5.41, 5.74) is 1.97. The molecule has 0 fully saturated rings. The van der Waals surface area contributed by atoms with Crippen molar-refractivity contribution in [2.24, 2.45) is 0 Å². The van der Waals surface area contributed by atoms with Crippen LogP contribution in [0.4, 0.5) is 0 Å². The molecule has 2 aromatic carbocycles. The molecule has 1 N–H and O–H groups in total. The number of methoxy groups -OCH3 is 2. The minimum Gasteiger partial charge on any atom is -0.497 e. The molecule has 1 unspecified atom stereocenters. The van der Waals surface area contributed by atoms with Gasteiger partial charge < -0.3 is 14.8 Å². The number of hydrogen-bond donors (Lipinski definition) is 1. The maximum Gasteiger partial charge on any atom is 0.234 e. The van der Waals surface area contributed by atoms with Crippen LogP contribution in [-0.4, -0.2) is 38.6 Å². The molecule has 0 saturated heterocycles. The lowest BCUT2D eigenvalue weighted by Gasteiger charge is -2.20. The summed E-state index contributed by atoms with van der Waals surface area (Å²) in [5, 5.41) is 3.66. The summed E-state index contributed by atoms with van der Waals surface area (Å²) in [7, 11) is 5.14. The van der Waals surface area contributed by atoms with Gasteiger partial charge in [-0.3, -0.25) is 9.69 Å². The van der Waals surface area contributed by atoms with E-state index < -0.39 is 0 Å². The Morgan fingerprint density at radius 1 is 1.19 bits per heavy atom. The van der Waals surface area contributed by atoms with Gasteiger partial charge in [-0.15, -0.1) is 0 Å². The normalized spacial score (nSPS) is 11.9. The molecule has 0 heterocycles. The highest BCUT2D eigenvalue weighted by Gasteiger charge is 2.14. The van der Waals surface area contributed by atoms with Crippen molar-refractivity contribution in [2.45, 2.75) is 19.5 Å². The van der Waals surface area contributed by atoms with E-state index in [9.17, 15) is 4.79 Å². The molecule has 1 amide bonds. The molecular formula is C20H25ClN2O3. The summed E-state index contributed by atoms with van der Waals surface area (Å²) in [6.45, 7) is 2.81. The predicted molar refractivity (Wildman–Crippen MR) is 104 cm³/mol. The van der Waals surface area contributed by atoms with Gasteiger partial charge in [0.2, 0.25) is 5.91 Å². The van der Waals surface area contributed by atoms with Crippen molar-refractivity contribution in [1.29, 1.82) is 0 Å². The van der Waals surface area contributed by atoms with Crippen molar-refractivity contribution in [2.75, 3.05) is 27.8 Å². The number of halogens is 1. The van der Waals surface area contributed by atoms with Gasteiger partial charge in [0.1, 0.15) is 11.5 Å². The molecule has 26 heavy (non-hydrogen) atoms. The van der Waals surface area contributed by atoms with Crippen LogP contribution >= 0.6 is 11.6 Å². The molecule has 140 valence electrons. The van der Waals surface area contributed by atoms with Gasteiger partial charge in [-0.25, -0.2) is 0 Å². The summed E-state index contributed by atoms with van der Waals surface area (Å²) in [6.07, 6.45) is 0. The Labute approximate surface area is 159 Å². The minimum absolute atomic E-state index is 0.0487. The number of carbonyl (C=O) groups is 1. The van der Waals surface area contributed by atoms with E-state index in [0.717, 1.165) is 22.6 Å². The van der Waals surface area contributed by atoms with Crippen LogP contribution in [0.1, 0.15) is 24.1 Å². The fourth-order valence-corrected chi connectivity index (χ4v) is 2.92. The quantitative estimate of drug-likeness (QED) is 0.763. The summed E-state index contributed by atoms with van der Waals surface area (Å²) in [5.74, 6) is 1.43. The summed E-state index contributed by atoms with van der Waals surface area (Å²) < 4.78 is 10.6. The molecule has 0 radical (unpaired) electrons. The van der Waals surface area contributed by atoms with Crippen molar-refractivity contribution in [3.63, 3.8) is 0 Å². The number of nitrogens with zero attached hydrogens (tertiary/aromatic N) is 1. The highest BCUT2D eigenvalue weighted by Crippen LogP contribution is 2.25. The smallest absolute Gasteiger partial charge is 0.234 e. The van der Waals surface area contributed by atoms with Gasteiger partial charge in [0, 0.05) is 23.2 Å². The number of rotatable bonds is 8. The summed E-state index contributed by atoms with van der Waals surface area (Å²) >= 11 is 6.01. The zero-order valence-corrected chi connectivity index (χ0v) is 16.3. The fraction of sp³-hybridized carbons (Fsp3) is 0.350. The van der Waals surface area contributed by atoms with Gasteiger partial charge in [-0.05, 0) is 37.7 Å². The first kappa shape index (κ1) is 20.1. The number of amides is 1. The Morgan fingerprint density at radius 3 is 2.62 bits per heavy atom. The van der Waals surface area contributed by atoms with E-state index in [-0.39, 0.29) is 18.5 Å². The van der Waals surface area contributed by atoms with Gasteiger partial charge in [-0.1, -0.05) is 29.8 Å². The largest absolute Gasteiger partial charge is 0.497 e. The predicted octanol–water partition coefficient (Wildman–Crippen LogP) is 3.67. The Balaban J connectivity index is 1.93. The first-order chi connectivity index (χ1) is 12.4. The van der Waals surface area contributed by atoms with Crippen LogP contribution in [-0.2, 0) is 11.3 Å². The van der Waals surface area contributed by atoms with Crippen molar-refractivity contribution in [1.82, 2.24) is 10.2 Å². The maximum atomic E-state index is 12.3. The average Bonchev–Trinajstić information content (AvgIpc) is 2.61. The lowest BCUT2D eigenvalue weighted by atomic mass is 10.1. The number of ether oxygens (including phenoxy) is 2. The van der Waals surface area contributed by atoms with Gasteiger partial charge in [0.25, 0.3) is 0 Å². The molecule has 0 aliphatic carbocycles. The summed E-state index contributed by atoms with van der Waals surface area (Å²) in [6, 6.07) is 13.1. The van der Waals surface area contributed by atoms with Crippen LogP contribution in [0.25, 0.3) is 0 Å². The Kier molecular flexibility index (Phi) is 7.30. The molecule has 0 aliphatic rings. The van der Waals surface area contributed by atoms with Crippen LogP contribution in [0.3, 0.4) is 0 Å². The van der Waals surface area contributed by atoms with Crippen molar-refractivity contribution in [3.05, 3.63) is 58.6 Å². The number of likely N-dealkylation sites (N-methyl/N-ethyl adjacent to an activating group) is 1.